The van der Waals surface area contributed by atoms with E-state index in [0.29, 0.717) is 11.8 Å². The number of fused-ring (bicyclic) bond motifs is 1. The van der Waals surface area contributed by atoms with Crippen LogP contribution in [0, 0.1) is 23.7 Å². The van der Waals surface area contributed by atoms with Gasteiger partial charge in [-0.1, -0.05) is 62.4 Å². The number of amides is 1. The van der Waals surface area contributed by atoms with Gasteiger partial charge in [0.25, 0.3) is 5.91 Å². The van der Waals surface area contributed by atoms with Gasteiger partial charge in [0.05, 0.1) is 0 Å². The van der Waals surface area contributed by atoms with Gasteiger partial charge in [0.1, 0.15) is 0 Å². The van der Waals surface area contributed by atoms with E-state index >= 15 is 0 Å². The van der Waals surface area contributed by atoms with Crippen molar-refractivity contribution < 1.29 is 9.90 Å². The first-order valence-electron chi connectivity index (χ1n) is 12.0. The fraction of sp³-hybridized carbons (Fsp3) is 0.720. The molecule has 29 heavy (non-hydrogen) atoms. The Morgan fingerprint density at radius 3 is 2.24 bits per heavy atom. The van der Waals surface area contributed by atoms with E-state index < -0.39 is 5.60 Å². The molecule has 4 aliphatic rings. The van der Waals surface area contributed by atoms with Crippen LogP contribution >= 0.6 is 0 Å². The van der Waals surface area contributed by atoms with Gasteiger partial charge in [-0.05, 0) is 49.0 Å². The number of nitrogens with zero attached hydrogens (tertiary/aromatic N) is 1. The highest BCUT2D eigenvalue weighted by molar-refractivity contribution is 5.87. The summed E-state index contributed by atoms with van der Waals surface area (Å²) in [5, 5.41) is 14.9. The van der Waals surface area contributed by atoms with Gasteiger partial charge in [0.15, 0.2) is 5.60 Å². The third-order valence-corrected chi connectivity index (χ3v) is 8.31. The molecule has 1 amide bonds. The summed E-state index contributed by atoms with van der Waals surface area (Å²) in [6.07, 6.45) is 11.1. The predicted molar refractivity (Wildman–Crippen MR) is 114 cm³/mol. The normalized spacial score (nSPS) is 32.7. The van der Waals surface area contributed by atoms with Crippen LogP contribution in [0.4, 0.5) is 0 Å². The van der Waals surface area contributed by atoms with Crippen LogP contribution in [0.15, 0.2) is 30.3 Å². The average molecular weight is 397 g/mol. The third kappa shape index (κ3) is 3.74. The molecule has 0 aromatic heterocycles. The molecule has 3 saturated carbocycles. The van der Waals surface area contributed by atoms with Crippen molar-refractivity contribution in [3.8, 4) is 0 Å². The molecule has 1 aromatic rings. The van der Waals surface area contributed by atoms with Gasteiger partial charge in [0.2, 0.25) is 0 Å². The number of carbonyl (C=O) groups excluding carboxylic acids is 1. The summed E-state index contributed by atoms with van der Waals surface area (Å²) < 4.78 is 0. The zero-order valence-corrected chi connectivity index (χ0v) is 17.6. The number of rotatable bonds is 6. The summed E-state index contributed by atoms with van der Waals surface area (Å²) in [4.78, 5) is 16.0. The minimum atomic E-state index is -1.38. The highest BCUT2D eigenvalue weighted by Crippen LogP contribution is 2.47. The first-order chi connectivity index (χ1) is 14.2. The summed E-state index contributed by atoms with van der Waals surface area (Å²) in [7, 11) is 0. The zero-order valence-electron chi connectivity index (χ0n) is 17.6. The van der Waals surface area contributed by atoms with E-state index in [1.807, 2.05) is 30.3 Å². The quantitative estimate of drug-likeness (QED) is 0.771. The van der Waals surface area contributed by atoms with Gasteiger partial charge in [0, 0.05) is 31.6 Å². The van der Waals surface area contributed by atoms with Crippen LogP contribution in [0.2, 0.25) is 0 Å². The molecule has 2 N–H and O–H groups in total. The Morgan fingerprint density at radius 1 is 0.966 bits per heavy atom. The highest BCUT2D eigenvalue weighted by atomic mass is 16.3. The second kappa shape index (κ2) is 8.03. The van der Waals surface area contributed by atoms with Crippen LogP contribution in [-0.2, 0) is 10.4 Å². The van der Waals surface area contributed by atoms with Crippen molar-refractivity contribution in [1.82, 2.24) is 10.2 Å². The SMILES string of the molecule is O=C(N[C@H]1C2CN(CC3CCCCC3)C[C@@H]21)C(O)(c1ccccc1)C1CCCC1. The Hall–Kier alpha value is -1.39. The standard InChI is InChI=1S/C25H36N2O2/c28-24(25(29,20-13-7-8-14-20)19-11-5-2-6-12-19)26-23-21-16-27(17-22(21)23)15-18-9-3-1-4-10-18/h2,5-6,11-12,18,20-23,29H,1,3-4,7-10,13-17H2,(H,26,28)/t21-,22?,23+,25?/m0/s1. The maximum Gasteiger partial charge on any atom is 0.257 e. The van der Waals surface area contributed by atoms with Crippen LogP contribution in [0.5, 0.6) is 0 Å². The lowest BCUT2D eigenvalue weighted by molar-refractivity contribution is -0.147. The number of hydrogen-bond acceptors (Lipinski definition) is 3. The van der Waals surface area contributed by atoms with Gasteiger partial charge in [-0.2, -0.15) is 0 Å². The number of piperidine rings is 1. The molecule has 1 aliphatic heterocycles. The smallest absolute Gasteiger partial charge is 0.257 e. The Bertz CT molecular complexity index is 699. The van der Waals surface area contributed by atoms with Crippen LogP contribution in [0.3, 0.4) is 0 Å². The van der Waals surface area contributed by atoms with E-state index in [2.05, 4.69) is 10.2 Å². The van der Waals surface area contributed by atoms with Crippen molar-refractivity contribution in [2.24, 2.45) is 23.7 Å². The molecule has 0 spiro atoms. The Balaban J connectivity index is 1.20. The molecule has 1 saturated heterocycles. The van der Waals surface area contributed by atoms with Crippen LogP contribution in [-0.4, -0.2) is 41.6 Å². The lowest BCUT2D eigenvalue weighted by atomic mass is 9.79. The van der Waals surface area contributed by atoms with Crippen molar-refractivity contribution in [3.63, 3.8) is 0 Å². The number of aliphatic hydroxyl groups is 1. The Morgan fingerprint density at radius 2 is 1.59 bits per heavy atom. The molecule has 1 aromatic carbocycles. The second-order valence-corrected chi connectivity index (χ2v) is 10.2. The number of carbonyl (C=O) groups is 1. The summed E-state index contributed by atoms with van der Waals surface area (Å²) in [5.41, 5.74) is -0.620. The molecule has 2 unspecified atom stereocenters. The number of hydrogen-bond donors (Lipinski definition) is 2. The minimum absolute atomic E-state index is 0.0336. The molecular formula is C25H36N2O2. The monoisotopic (exact) mass is 396 g/mol. The molecule has 5 rings (SSSR count). The molecule has 1 heterocycles. The predicted octanol–water partition coefficient (Wildman–Crippen LogP) is 3.69. The minimum Gasteiger partial charge on any atom is -0.375 e. The summed E-state index contributed by atoms with van der Waals surface area (Å²) in [6.45, 7) is 3.50. The number of nitrogens with one attached hydrogen (secondary N) is 1. The zero-order chi connectivity index (χ0) is 19.8. The maximum atomic E-state index is 13.4. The van der Waals surface area contributed by atoms with E-state index in [9.17, 15) is 9.90 Å². The maximum absolute atomic E-state index is 13.4. The lowest BCUT2D eigenvalue weighted by Gasteiger charge is -2.34. The average Bonchev–Trinajstić information content (AvgIpc) is 3.18. The van der Waals surface area contributed by atoms with E-state index in [1.165, 1.54) is 38.6 Å². The molecule has 4 heteroatoms. The van der Waals surface area contributed by atoms with Crippen molar-refractivity contribution in [2.45, 2.75) is 69.4 Å². The first-order valence-corrected chi connectivity index (χ1v) is 12.0. The van der Waals surface area contributed by atoms with E-state index in [-0.39, 0.29) is 17.9 Å². The van der Waals surface area contributed by atoms with E-state index in [0.717, 1.165) is 50.3 Å². The van der Waals surface area contributed by atoms with E-state index in [1.54, 1.807) is 0 Å². The second-order valence-electron chi connectivity index (χ2n) is 10.2. The van der Waals surface area contributed by atoms with Gasteiger partial charge in [-0.25, -0.2) is 0 Å². The molecule has 4 fully saturated rings. The molecule has 4 nitrogen and oxygen atoms in total. The van der Waals surface area contributed by atoms with Crippen molar-refractivity contribution >= 4 is 5.91 Å². The van der Waals surface area contributed by atoms with Crippen LogP contribution < -0.4 is 5.32 Å². The van der Waals surface area contributed by atoms with Crippen molar-refractivity contribution in [1.29, 1.82) is 0 Å². The molecule has 4 atom stereocenters. The molecule has 0 bridgehead atoms. The Labute approximate surface area is 175 Å². The summed E-state index contributed by atoms with van der Waals surface area (Å²) >= 11 is 0. The molecule has 0 radical (unpaired) electrons. The van der Waals surface area contributed by atoms with Crippen molar-refractivity contribution in [3.05, 3.63) is 35.9 Å². The topological polar surface area (TPSA) is 52.6 Å². The van der Waals surface area contributed by atoms with Gasteiger partial charge < -0.3 is 15.3 Å². The van der Waals surface area contributed by atoms with Gasteiger partial charge in [-0.3, -0.25) is 4.79 Å². The van der Waals surface area contributed by atoms with E-state index in [4.69, 9.17) is 0 Å². The summed E-state index contributed by atoms with van der Waals surface area (Å²) in [5.74, 6) is 1.94. The van der Waals surface area contributed by atoms with Gasteiger partial charge in [-0.15, -0.1) is 0 Å². The van der Waals surface area contributed by atoms with Crippen LogP contribution in [0.25, 0.3) is 0 Å². The van der Waals surface area contributed by atoms with Gasteiger partial charge >= 0.3 is 0 Å². The molecule has 3 aliphatic carbocycles. The number of benzene rings is 1. The lowest BCUT2D eigenvalue weighted by Crippen LogP contribution is -2.51. The fourth-order valence-electron chi connectivity index (χ4n) is 6.56. The first kappa shape index (κ1) is 19.6. The summed E-state index contributed by atoms with van der Waals surface area (Å²) in [6, 6.07) is 9.90. The molecular weight excluding hydrogens is 360 g/mol. The largest absolute Gasteiger partial charge is 0.375 e. The fourth-order valence-corrected chi connectivity index (χ4v) is 6.56. The molecule has 158 valence electrons. The highest BCUT2D eigenvalue weighted by Gasteiger charge is 2.58. The van der Waals surface area contributed by atoms with Crippen molar-refractivity contribution in [2.75, 3.05) is 19.6 Å². The number of likely N-dealkylation sites (tertiary alicyclic amines) is 1. The van der Waals surface area contributed by atoms with Crippen LogP contribution in [0.1, 0.15) is 63.4 Å². The third-order valence-electron chi connectivity index (χ3n) is 8.31. The Kier molecular flexibility index (Phi) is 5.42.